The molecule has 0 atom stereocenters. The van der Waals surface area contributed by atoms with Crippen LogP contribution in [-0.4, -0.2) is 45.4 Å². The summed E-state index contributed by atoms with van der Waals surface area (Å²) >= 11 is 0. The molecule has 0 aromatic heterocycles. The minimum absolute atomic E-state index is 0.0604. The van der Waals surface area contributed by atoms with E-state index in [1.165, 1.54) is 9.71 Å². The first kappa shape index (κ1) is 23.8. The Kier molecular flexibility index (Phi) is 8.30. The van der Waals surface area contributed by atoms with Crippen LogP contribution in [0.25, 0.3) is 6.08 Å². The molecule has 172 valence electrons. The van der Waals surface area contributed by atoms with E-state index in [0.29, 0.717) is 50.6 Å². The second-order valence-electron chi connectivity index (χ2n) is 7.57. The zero-order valence-corrected chi connectivity index (χ0v) is 19.3. The van der Waals surface area contributed by atoms with E-state index in [1.807, 2.05) is 55.5 Å². The van der Waals surface area contributed by atoms with Crippen LogP contribution in [0.15, 0.2) is 53.9 Å². The molecule has 0 unspecified atom stereocenters. The number of rotatable bonds is 9. The van der Waals surface area contributed by atoms with E-state index in [9.17, 15) is 13.2 Å². The maximum absolute atomic E-state index is 12.6. The SMILES string of the molecule is CCOc1ccc(CNC(=O)C2CCN(S(=O)(=O)/C=C/c3ccccc3)CC2)cc1OC. The number of nitrogens with one attached hydrogen (secondary N) is 1. The summed E-state index contributed by atoms with van der Waals surface area (Å²) in [7, 11) is -1.93. The molecule has 1 N–H and O–H groups in total. The number of nitrogens with zero attached hydrogens (tertiary/aromatic N) is 1. The van der Waals surface area contributed by atoms with E-state index in [1.54, 1.807) is 13.2 Å². The Bertz CT molecular complexity index is 1030. The highest BCUT2D eigenvalue weighted by atomic mass is 32.2. The summed E-state index contributed by atoms with van der Waals surface area (Å²) in [6, 6.07) is 14.9. The molecule has 1 fully saturated rings. The lowest BCUT2D eigenvalue weighted by Gasteiger charge is -2.29. The minimum Gasteiger partial charge on any atom is -0.493 e. The number of carbonyl (C=O) groups excluding carboxylic acids is 1. The fraction of sp³-hybridized carbons (Fsp3) is 0.375. The average molecular weight is 459 g/mol. The topological polar surface area (TPSA) is 84.9 Å². The number of amides is 1. The Balaban J connectivity index is 1.50. The van der Waals surface area contributed by atoms with Gasteiger partial charge in [-0.3, -0.25) is 4.79 Å². The van der Waals surface area contributed by atoms with Crippen LogP contribution in [-0.2, 0) is 21.4 Å². The fourth-order valence-electron chi connectivity index (χ4n) is 3.62. The van der Waals surface area contributed by atoms with Gasteiger partial charge in [0, 0.05) is 31.0 Å². The molecule has 1 aliphatic heterocycles. The smallest absolute Gasteiger partial charge is 0.236 e. The zero-order valence-electron chi connectivity index (χ0n) is 18.5. The van der Waals surface area contributed by atoms with Gasteiger partial charge in [-0.25, -0.2) is 8.42 Å². The van der Waals surface area contributed by atoms with Crippen molar-refractivity contribution in [3.8, 4) is 11.5 Å². The maximum atomic E-state index is 12.6. The predicted molar refractivity (Wildman–Crippen MR) is 125 cm³/mol. The van der Waals surface area contributed by atoms with Crippen LogP contribution in [0.5, 0.6) is 11.5 Å². The van der Waals surface area contributed by atoms with Gasteiger partial charge in [-0.2, -0.15) is 4.31 Å². The number of ether oxygens (including phenoxy) is 2. The van der Waals surface area contributed by atoms with Crippen molar-refractivity contribution in [3.05, 3.63) is 65.1 Å². The highest BCUT2D eigenvalue weighted by Gasteiger charge is 2.29. The van der Waals surface area contributed by atoms with Crippen LogP contribution in [0, 0.1) is 5.92 Å². The van der Waals surface area contributed by atoms with Crippen LogP contribution >= 0.6 is 0 Å². The Hall–Kier alpha value is -2.84. The molecule has 0 radical (unpaired) electrons. The lowest BCUT2D eigenvalue weighted by atomic mass is 9.97. The normalized spacial score (nSPS) is 15.6. The van der Waals surface area contributed by atoms with E-state index in [2.05, 4.69) is 5.32 Å². The number of methoxy groups -OCH3 is 1. The van der Waals surface area contributed by atoms with Crippen LogP contribution in [0.4, 0.5) is 0 Å². The van der Waals surface area contributed by atoms with Crippen LogP contribution in [0.2, 0.25) is 0 Å². The quantitative estimate of drug-likeness (QED) is 0.622. The lowest BCUT2D eigenvalue weighted by Crippen LogP contribution is -2.42. The molecule has 0 saturated carbocycles. The van der Waals surface area contributed by atoms with E-state index in [-0.39, 0.29) is 11.8 Å². The van der Waals surface area contributed by atoms with E-state index in [4.69, 9.17) is 9.47 Å². The molecule has 3 rings (SSSR count). The number of hydrogen-bond acceptors (Lipinski definition) is 5. The molecule has 2 aromatic carbocycles. The number of carbonyl (C=O) groups is 1. The van der Waals surface area contributed by atoms with Gasteiger partial charge in [-0.1, -0.05) is 36.4 Å². The van der Waals surface area contributed by atoms with Crippen molar-refractivity contribution < 1.29 is 22.7 Å². The zero-order chi connectivity index (χ0) is 23.0. The second-order valence-corrected chi connectivity index (χ2v) is 9.39. The van der Waals surface area contributed by atoms with Crippen molar-refractivity contribution in [3.63, 3.8) is 0 Å². The van der Waals surface area contributed by atoms with Crippen molar-refractivity contribution >= 4 is 22.0 Å². The largest absolute Gasteiger partial charge is 0.493 e. The van der Waals surface area contributed by atoms with E-state index < -0.39 is 10.0 Å². The summed E-state index contributed by atoms with van der Waals surface area (Å²) in [5.41, 5.74) is 1.74. The predicted octanol–water partition coefficient (Wildman–Crippen LogP) is 3.42. The van der Waals surface area contributed by atoms with Gasteiger partial charge in [0.05, 0.1) is 13.7 Å². The third kappa shape index (κ3) is 6.34. The highest BCUT2D eigenvalue weighted by molar-refractivity contribution is 7.92. The van der Waals surface area contributed by atoms with Crippen molar-refractivity contribution in [2.75, 3.05) is 26.8 Å². The summed E-state index contributed by atoms with van der Waals surface area (Å²) < 4.78 is 37.5. The first-order valence-electron chi connectivity index (χ1n) is 10.7. The Morgan fingerprint density at radius 2 is 1.84 bits per heavy atom. The molecule has 1 saturated heterocycles. The molecule has 0 bridgehead atoms. The Labute approximate surface area is 190 Å². The molecular formula is C24H30N2O5S. The molecule has 1 heterocycles. The second kappa shape index (κ2) is 11.2. The van der Waals surface area contributed by atoms with E-state index >= 15 is 0 Å². The summed E-state index contributed by atoms with van der Waals surface area (Å²) in [4.78, 5) is 12.6. The molecular weight excluding hydrogens is 428 g/mol. The van der Waals surface area contributed by atoms with E-state index in [0.717, 1.165) is 11.1 Å². The molecule has 32 heavy (non-hydrogen) atoms. The third-order valence-corrected chi connectivity index (χ3v) is 6.98. The van der Waals surface area contributed by atoms with Crippen molar-refractivity contribution in [2.24, 2.45) is 5.92 Å². The third-order valence-electron chi connectivity index (χ3n) is 5.41. The molecule has 1 amide bonds. The molecule has 7 nitrogen and oxygen atoms in total. The summed E-state index contributed by atoms with van der Waals surface area (Å²) in [6.45, 7) is 3.49. The highest BCUT2D eigenvalue weighted by Crippen LogP contribution is 2.28. The van der Waals surface area contributed by atoms with Gasteiger partial charge in [0.25, 0.3) is 0 Å². The van der Waals surface area contributed by atoms with Crippen LogP contribution in [0.1, 0.15) is 30.9 Å². The lowest BCUT2D eigenvalue weighted by molar-refractivity contribution is -0.126. The molecule has 8 heteroatoms. The van der Waals surface area contributed by atoms with Crippen molar-refractivity contribution in [2.45, 2.75) is 26.3 Å². The summed E-state index contributed by atoms with van der Waals surface area (Å²) in [5.74, 6) is 1.03. The number of piperidine rings is 1. The first-order chi connectivity index (χ1) is 15.4. The van der Waals surface area contributed by atoms with Gasteiger partial charge >= 0.3 is 0 Å². The van der Waals surface area contributed by atoms with Gasteiger partial charge in [-0.15, -0.1) is 0 Å². The molecule has 0 aliphatic carbocycles. The molecule has 1 aliphatic rings. The Morgan fingerprint density at radius 3 is 2.50 bits per heavy atom. The van der Waals surface area contributed by atoms with Gasteiger partial charge in [0.1, 0.15) is 0 Å². The van der Waals surface area contributed by atoms with Gasteiger partial charge in [-0.05, 0) is 49.1 Å². The van der Waals surface area contributed by atoms with Crippen LogP contribution in [0.3, 0.4) is 0 Å². The average Bonchev–Trinajstić information content (AvgIpc) is 2.83. The summed E-state index contributed by atoms with van der Waals surface area (Å²) in [5, 5.41) is 4.19. The van der Waals surface area contributed by atoms with Crippen molar-refractivity contribution in [1.29, 1.82) is 0 Å². The molecule has 0 spiro atoms. The molecule has 2 aromatic rings. The van der Waals surface area contributed by atoms with Gasteiger partial charge in [0.15, 0.2) is 11.5 Å². The van der Waals surface area contributed by atoms with Gasteiger partial charge < -0.3 is 14.8 Å². The first-order valence-corrected chi connectivity index (χ1v) is 12.2. The number of sulfonamides is 1. The van der Waals surface area contributed by atoms with Gasteiger partial charge in [0.2, 0.25) is 15.9 Å². The monoisotopic (exact) mass is 458 g/mol. The Morgan fingerprint density at radius 1 is 1.12 bits per heavy atom. The minimum atomic E-state index is -3.51. The van der Waals surface area contributed by atoms with Crippen molar-refractivity contribution in [1.82, 2.24) is 9.62 Å². The number of benzene rings is 2. The van der Waals surface area contributed by atoms with Crippen LogP contribution < -0.4 is 14.8 Å². The standard InChI is InChI=1S/C24H30N2O5S/c1-3-31-22-10-9-20(17-23(22)30-2)18-25-24(27)21-11-14-26(15-12-21)32(28,29)16-13-19-7-5-4-6-8-19/h4-10,13,16-17,21H,3,11-12,14-15,18H2,1-2H3,(H,25,27)/b16-13+. The number of hydrogen-bond donors (Lipinski definition) is 1. The maximum Gasteiger partial charge on any atom is 0.236 e. The fourth-order valence-corrected chi connectivity index (χ4v) is 4.84. The summed E-state index contributed by atoms with van der Waals surface area (Å²) in [6.07, 6.45) is 2.59.